The van der Waals surface area contributed by atoms with Gasteiger partial charge in [-0.25, -0.2) is 0 Å². The van der Waals surface area contributed by atoms with E-state index in [1.165, 1.54) is 5.56 Å². The highest BCUT2D eigenvalue weighted by Crippen LogP contribution is 2.22. The van der Waals surface area contributed by atoms with E-state index < -0.39 is 0 Å². The van der Waals surface area contributed by atoms with E-state index in [1.807, 2.05) is 19.2 Å². The van der Waals surface area contributed by atoms with E-state index in [9.17, 15) is 0 Å². The van der Waals surface area contributed by atoms with Gasteiger partial charge in [-0.3, -0.25) is 0 Å². The van der Waals surface area contributed by atoms with Crippen LogP contribution in [0.2, 0.25) is 0 Å². The number of nitrogen functional groups attached to an aromatic ring is 1. The van der Waals surface area contributed by atoms with E-state index in [0.29, 0.717) is 0 Å². The summed E-state index contributed by atoms with van der Waals surface area (Å²) >= 11 is 0. The molecule has 0 unspecified atom stereocenters. The zero-order valence-corrected chi connectivity index (χ0v) is 8.84. The summed E-state index contributed by atoms with van der Waals surface area (Å²) in [4.78, 5) is 0. The molecule has 0 spiro atoms. The number of ether oxygens (including phenoxy) is 1. The van der Waals surface area contributed by atoms with E-state index in [4.69, 9.17) is 10.5 Å². The maximum Gasteiger partial charge on any atom is 0.141 e. The van der Waals surface area contributed by atoms with Gasteiger partial charge in [0.2, 0.25) is 0 Å². The lowest BCUT2D eigenvalue weighted by molar-refractivity contribution is 0.417. The number of methoxy groups -OCH3 is 1. The fraction of sp³-hybridized carbons (Fsp3) is 0.455. The molecule has 0 saturated carbocycles. The van der Waals surface area contributed by atoms with Gasteiger partial charge < -0.3 is 15.8 Å². The molecular weight excluding hydrogens is 176 g/mol. The average Bonchev–Trinajstić information content (AvgIpc) is 2.18. The zero-order chi connectivity index (χ0) is 10.4. The molecule has 0 bridgehead atoms. The summed E-state index contributed by atoms with van der Waals surface area (Å²) in [6, 6.07) is 5.96. The summed E-state index contributed by atoms with van der Waals surface area (Å²) in [6.07, 6.45) is 2.18. The summed E-state index contributed by atoms with van der Waals surface area (Å²) in [5.74, 6) is 0.752. The molecule has 0 atom stereocenters. The second kappa shape index (κ2) is 5.50. The lowest BCUT2D eigenvalue weighted by atomic mass is 10.1. The molecule has 14 heavy (non-hydrogen) atoms. The van der Waals surface area contributed by atoms with Crippen LogP contribution in [0.4, 0.5) is 5.69 Å². The quantitative estimate of drug-likeness (QED) is 0.550. The molecule has 0 fully saturated rings. The van der Waals surface area contributed by atoms with Crippen molar-refractivity contribution in [3.63, 3.8) is 0 Å². The predicted molar refractivity (Wildman–Crippen MR) is 59.7 cm³/mol. The molecule has 3 N–H and O–H groups in total. The lowest BCUT2D eigenvalue weighted by Crippen LogP contribution is -2.08. The second-order valence-corrected chi connectivity index (χ2v) is 3.28. The number of anilines is 1. The van der Waals surface area contributed by atoms with E-state index in [0.717, 1.165) is 30.8 Å². The molecule has 3 nitrogen and oxygen atoms in total. The molecule has 0 radical (unpaired) electrons. The van der Waals surface area contributed by atoms with Crippen molar-refractivity contribution in [1.82, 2.24) is 5.32 Å². The largest absolute Gasteiger partial charge is 0.495 e. The van der Waals surface area contributed by atoms with Crippen molar-refractivity contribution in [3.05, 3.63) is 23.8 Å². The highest BCUT2D eigenvalue weighted by atomic mass is 16.5. The SMILES string of the molecule is CNCCCc1ccc(OC)c(N)c1. The summed E-state index contributed by atoms with van der Waals surface area (Å²) in [5, 5.41) is 3.12. The molecule has 1 aromatic rings. The van der Waals surface area contributed by atoms with Crippen LogP contribution in [0.25, 0.3) is 0 Å². The molecule has 0 aliphatic rings. The summed E-state index contributed by atoms with van der Waals surface area (Å²) in [5.41, 5.74) is 7.78. The van der Waals surface area contributed by atoms with Crippen LogP contribution in [0.5, 0.6) is 5.75 Å². The van der Waals surface area contributed by atoms with Crippen LogP contribution in [-0.2, 0) is 6.42 Å². The molecule has 0 aliphatic carbocycles. The van der Waals surface area contributed by atoms with Crippen LogP contribution in [0.1, 0.15) is 12.0 Å². The van der Waals surface area contributed by atoms with Crippen molar-refractivity contribution < 1.29 is 4.74 Å². The van der Waals surface area contributed by atoms with Gasteiger partial charge in [0, 0.05) is 0 Å². The highest BCUT2D eigenvalue weighted by Gasteiger charge is 1.99. The van der Waals surface area contributed by atoms with E-state index in [-0.39, 0.29) is 0 Å². The molecule has 3 heteroatoms. The molecule has 1 aromatic carbocycles. The number of rotatable bonds is 5. The normalized spacial score (nSPS) is 10.1. The van der Waals surface area contributed by atoms with E-state index >= 15 is 0 Å². The third kappa shape index (κ3) is 2.92. The van der Waals surface area contributed by atoms with E-state index in [1.54, 1.807) is 7.11 Å². The maximum absolute atomic E-state index is 5.80. The Bertz CT molecular complexity index is 287. The predicted octanol–water partition coefficient (Wildman–Crippen LogP) is 1.43. The van der Waals surface area contributed by atoms with Crippen LogP contribution >= 0.6 is 0 Å². The van der Waals surface area contributed by atoms with Gasteiger partial charge in [0.1, 0.15) is 5.75 Å². The first-order chi connectivity index (χ1) is 6.77. The minimum atomic E-state index is 0.717. The van der Waals surface area contributed by atoms with Gasteiger partial charge in [-0.05, 0) is 44.1 Å². The Morgan fingerprint density at radius 2 is 2.21 bits per heavy atom. The van der Waals surface area contributed by atoms with Crippen LogP contribution < -0.4 is 15.8 Å². The summed E-state index contributed by atoms with van der Waals surface area (Å²) in [7, 11) is 3.59. The van der Waals surface area contributed by atoms with Crippen molar-refractivity contribution >= 4 is 5.69 Å². The van der Waals surface area contributed by atoms with Crippen molar-refractivity contribution in [2.24, 2.45) is 0 Å². The fourth-order valence-electron chi connectivity index (χ4n) is 1.41. The topological polar surface area (TPSA) is 47.3 Å². The Balaban J connectivity index is 2.57. The average molecular weight is 194 g/mol. The Morgan fingerprint density at radius 3 is 2.79 bits per heavy atom. The van der Waals surface area contributed by atoms with Crippen molar-refractivity contribution in [2.75, 3.05) is 26.4 Å². The van der Waals surface area contributed by atoms with Gasteiger partial charge in [-0.15, -0.1) is 0 Å². The Kier molecular flexibility index (Phi) is 4.26. The Labute approximate surface area is 85.3 Å². The third-order valence-corrected chi connectivity index (χ3v) is 2.19. The summed E-state index contributed by atoms with van der Waals surface area (Å²) < 4.78 is 5.09. The Hall–Kier alpha value is -1.22. The Morgan fingerprint density at radius 1 is 1.43 bits per heavy atom. The number of nitrogens with two attached hydrogens (primary N) is 1. The molecule has 0 amide bonds. The molecule has 0 aliphatic heterocycles. The van der Waals surface area contributed by atoms with Crippen molar-refractivity contribution in [1.29, 1.82) is 0 Å². The molecule has 1 rings (SSSR count). The van der Waals surface area contributed by atoms with Gasteiger partial charge in [0.05, 0.1) is 12.8 Å². The van der Waals surface area contributed by atoms with Crippen molar-refractivity contribution in [2.45, 2.75) is 12.8 Å². The number of hydrogen-bond acceptors (Lipinski definition) is 3. The number of nitrogens with one attached hydrogen (secondary N) is 1. The smallest absolute Gasteiger partial charge is 0.141 e. The van der Waals surface area contributed by atoms with Crippen LogP contribution in [0.3, 0.4) is 0 Å². The number of hydrogen-bond donors (Lipinski definition) is 2. The number of aryl methyl sites for hydroxylation is 1. The standard InChI is InChI=1S/C11H18N2O/c1-13-7-3-4-9-5-6-11(14-2)10(12)8-9/h5-6,8,13H,3-4,7,12H2,1-2H3. The minimum absolute atomic E-state index is 0.717. The highest BCUT2D eigenvalue weighted by molar-refractivity contribution is 5.54. The van der Waals surface area contributed by atoms with Gasteiger partial charge in [0.25, 0.3) is 0 Å². The van der Waals surface area contributed by atoms with Crippen LogP contribution in [0.15, 0.2) is 18.2 Å². The number of benzene rings is 1. The zero-order valence-electron chi connectivity index (χ0n) is 8.84. The minimum Gasteiger partial charge on any atom is -0.495 e. The van der Waals surface area contributed by atoms with E-state index in [2.05, 4.69) is 11.4 Å². The van der Waals surface area contributed by atoms with Crippen molar-refractivity contribution in [3.8, 4) is 5.75 Å². The van der Waals surface area contributed by atoms with Gasteiger partial charge in [0.15, 0.2) is 0 Å². The molecule has 0 heterocycles. The third-order valence-electron chi connectivity index (χ3n) is 2.19. The maximum atomic E-state index is 5.80. The molecular formula is C11H18N2O. The first kappa shape index (κ1) is 10.9. The van der Waals surface area contributed by atoms with Crippen LogP contribution in [0, 0.1) is 0 Å². The fourth-order valence-corrected chi connectivity index (χ4v) is 1.41. The second-order valence-electron chi connectivity index (χ2n) is 3.28. The first-order valence-corrected chi connectivity index (χ1v) is 4.85. The molecule has 0 aromatic heterocycles. The van der Waals surface area contributed by atoms with Gasteiger partial charge in [-0.2, -0.15) is 0 Å². The molecule has 78 valence electrons. The lowest BCUT2D eigenvalue weighted by Gasteiger charge is -2.06. The first-order valence-electron chi connectivity index (χ1n) is 4.85. The molecule has 0 saturated heterocycles. The van der Waals surface area contributed by atoms with Gasteiger partial charge >= 0.3 is 0 Å². The summed E-state index contributed by atoms with van der Waals surface area (Å²) in [6.45, 7) is 1.03. The van der Waals surface area contributed by atoms with Crippen LogP contribution in [-0.4, -0.2) is 20.7 Å². The van der Waals surface area contributed by atoms with Gasteiger partial charge in [-0.1, -0.05) is 6.07 Å². The monoisotopic (exact) mass is 194 g/mol.